The van der Waals surface area contributed by atoms with Gasteiger partial charge in [-0.1, -0.05) is 84.1 Å². The quantitative estimate of drug-likeness (QED) is 0.134. The molecule has 0 heterocycles. The zero-order valence-corrected chi connectivity index (χ0v) is 22.2. The molecule has 3 heteroatoms. The molecule has 0 aliphatic rings. The van der Waals surface area contributed by atoms with Crippen molar-refractivity contribution in [2.75, 3.05) is 0 Å². The third-order valence-electron chi connectivity index (χ3n) is 5.52. The van der Waals surface area contributed by atoms with E-state index in [1.807, 2.05) is 0 Å². The fraction of sp³-hybridized carbons (Fsp3) is 0.517. The summed E-state index contributed by atoms with van der Waals surface area (Å²) in [5, 5.41) is 0. The van der Waals surface area contributed by atoms with E-state index in [0.29, 0.717) is 0 Å². The van der Waals surface area contributed by atoms with Gasteiger partial charge in [-0.3, -0.25) is 9.98 Å². The molecule has 0 N–H and O–H groups in total. The van der Waals surface area contributed by atoms with E-state index in [0.717, 1.165) is 43.5 Å². The topological polar surface area (TPSA) is 24.7 Å². The monoisotopic (exact) mass is 524 g/mol. The summed E-state index contributed by atoms with van der Waals surface area (Å²) >= 11 is 0. The van der Waals surface area contributed by atoms with Crippen LogP contribution in [-0.4, -0.2) is 11.4 Å². The Morgan fingerprint density at radius 1 is 0.594 bits per heavy atom. The Balaban J connectivity index is 0.00000512. The van der Waals surface area contributed by atoms with Gasteiger partial charge in [0.2, 0.25) is 0 Å². The third kappa shape index (κ3) is 10.4. The van der Waals surface area contributed by atoms with Crippen LogP contribution in [-0.2, 0) is 33.3 Å². The second kappa shape index (κ2) is 17.0. The normalized spacial score (nSPS) is 12.0. The van der Waals surface area contributed by atoms with Gasteiger partial charge >= 0.3 is 0 Å². The first-order valence-electron chi connectivity index (χ1n) is 12.5. The fourth-order valence-corrected chi connectivity index (χ4v) is 3.90. The molecule has 0 amide bonds. The molecule has 2 nitrogen and oxygen atoms in total. The molecule has 0 bridgehead atoms. The number of aliphatic imine (C=N–C) groups is 2. The van der Waals surface area contributed by atoms with Crippen LogP contribution in [0.1, 0.15) is 96.6 Å². The van der Waals surface area contributed by atoms with Crippen LogP contribution in [0.25, 0.3) is 0 Å². The number of para-hydroxylation sites is 1. The largest absolute Gasteiger partial charge is 0.252 e. The predicted molar refractivity (Wildman–Crippen MR) is 139 cm³/mol. The van der Waals surface area contributed by atoms with Crippen molar-refractivity contribution < 1.29 is 20.4 Å². The Bertz CT molecular complexity index is 800. The summed E-state index contributed by atoms with van der Waals surface area (Å²) in [5.41, 5.74) is 7.31. The van der Waals surface area contributed by atoms with Crippen molar-refractivity contribution in [2.45, 2.75) is 98.3 Å². The van der Waals surface area contributed by atoms with Gasteiger partial charge in [0, 0.05) is 20.4 Å². The Hall–Kier alpha value is -1.56. The van der Waals surface area contributed by atoms with Gasteiger partial charge in [0.15, 0.2) is 0 Å². The maximum atomic E-state index is 5.24. The fourth-order valence-electron chi connectivity index (χ4n) is 3.90. The van der Waals surface area contributed by atoms with Crippen LogP contribution in [0.4, 0.5) is 11.4 Å². The molecular weight excluding hydrogens is 483 g/mol. The molecule has 2 rings (SSSR count). The van der Waals surface area contributed by atoms with E-state index in [-0.39, 0.29) is 20.4 Å². The van der Waals surface area contributed by atoms with Gasteiger partial charge in [0.25, 0.3) is 0 Å². The molecule has 0 spiro atoms. The Kier molecular flexibility index (Phi) is 15.1. The molecule has 32 heavy (non-hydrogen) atoms. The van der Waals surface area contributed by atoms with E-state index >= 15 is 0 Å². The molecule has 0 unspecified atom stereocenters. The van der Waals surface area contributed by atoms with Crippen molar-refractivity contribution in [1.82, 2.24) is 0 Å². The van der Waals surface area contributed by atoms with E-state index in [1.165, 1.54) is 61.1 Å². The van der Waals surface area contributed by atoms with Crippen LogP contribution in [0, 0.1) is 0 Å². The van der Waals surface area contributed by atoms with E-state index in [9.17, 15) is 0 Å². The van der Waals surface area contributed by atoms with Gasteiger partial charge in [-0.2, -0.15) is 0 Å². The molecule has 0 atom stereocenters. The maximum Gasteiger partial charge on any atom is 0.0639 e. The van der Waals surface area contributed by atoms with Crippen LogP contribution in [0.3, 0.4) is 0 Å². The maximum absolute atomic E-state index is 5.24. The Morgan fingerprint density at radius 3 is 1.66 bits per heavy atom. The van der Waals surface area contributed by atoms with Crippen molar-refractivity contribution in [3.8, 4) is 0 Å². The first-order valence-corrected chi connectivity index (χ1v) is 12.5. The number of benzene rings is 2. The van der Waals surface area contributed by atoms with Crippen LogP contribution < -0.4 is 0 Å². The third-order valence-corrected chi connectivity index (χ3v) is 5.52. The van der Waals surface area contributed by atoms with Crippen LogP contribution in [0.15, 0.2) is 58.5 Å². The smallest absolute Gasteiger partial charge is 0.0639 e. The molecule has 0 saturated carbocycles. The van der Waals surface area contributed by atoms with E-state index in [1.54, 1.807) is 0 Å². The summed E-state index contributed by atoms with van der Waals surface area (Å²) in [6.45, 7) is 9.01. The molecule has 0 aliphatic heterocycles. The number of hydrogen-bond acceptors (Lipinski definition) is 2. The van der Waals surface area contributed by atoms with E-state index in [2.05, 4.69) is 76.2 Å². The van der Waals surface area contributed by atoms with Gasteiger partial charge < -0.3 is 0 Å². The van der Waals surface area contributed by atoms with E-state index < -0.39 is 0 Å². The molecule has 2 aromatic carbocycles. The summed E-state index contributed by atoms with van der Waals surface area (Å²) in [5.74, 6) is 0. The van der Waals surface area contributed by atoms with Crippen molar-refractivity contribution in [3.05, 3.63) is 59.7 Å². The molecule has 0 aromatic heterocycles. The number of unbranched alkanes of at least 4 members (excludes halogenated alkanes) is 3. The van der Waals surface area contributed by atoms with Crippen molar-refractivity contribution in [1.29, 1.82) is 0 Å². The summed E-state index contributed by atoms with van der Waals surface area (Å²) in [7, 11) is 0. The van der Waals surface area contributed by atoms with Crippen LogP contribution in [0.2, 0.25) is 0 Å². The number of rotatable bonds is 14. The zero-order valence-electron chi connectivity index (χ0n) is 20.6. The average Bonchev–Trinajstić information content (AvgIpc) is 2.77. The van der Waals surface area contributed by atoms with E-state index in [4.69, 9.17) is 9.98 Å². The summed E-state index contributed by atoms with van der Waals surface area (Å²) in [6.07, 6.45) is 12.5. The molecular formula is C29H42N2Pd. The minimum atomic E-state index is 0. The summed E-state index contributed by atoms with van der Waals surface area (Å²) < 4.78 is 0. The molecule has 2 aromatic rings. The predicted octanol–water partition coefficient (Wildman–Crippen LogP) is 9.20. The van der Waals surface area contributed by atoms with Gasteiger partial charge in [-0.25, -0.2) is 0 Å². The molecule has 178 valence electrons. The number of nitrogens with zero attached hydrogens (tertiary/aromatic N) is 2. The first kappa shape index (κ1) is 28.5. The summed E-state index contributed by atoms with van der Waals surface area (Å²) in [4.78, 5) is 10.3. The first-order chi connectivity index (χ1) is 15.2. The second-order valence-electron chi connectivity index (χ2n) is 8.52. The molecule has 0 radical (unpaired) electrons. The molecule has 0 aliphatic carbocycles. The van der Waals surface area contributed by atoms with Crippen molar-refractivity contribution >= 4 is 22.8 Å². The summed E-state index contributed by atoms with van der Waals surface area (Å²) in [6, 6.07) is 17.3. The van der Waals surface area contributed by atoms with Gasteiger partial charge in [-0.15, -0.1) is 0 Å². The van der Waals surface area contributed by atoms with Gasteiger partial charge in [-0.05, 0) is 73.9 Å². The Labute approximate surface area is 210 Å². The molecule has 0 fully saturated rings. The number of hydrogen-bond donors (Lipinski definition) is 0. The Morgan fingerprint density at radius 2 is 1.12 bits per heavy atom. The standard InChI is InChI=1S/C29H42N2.Pd/c1-5-9-12-20-29(30-26-17-13-11-14-18-26)28(19-10-6-2)31-27-22-24(15-7-3)21-25(23-27)16-8-4;/h11,13-14,17-18,21-23H,5-10,12,15-16,19-20H2,1-4H3;. The van der Waals surface area contributed by atoms with Crippen molar-refractivity contribution in [2.24, 2.45) is 9.98 Å². The SMILES string of the molecule is CCCCCC(=Nc1ccccc1)C(CCCC)=Nc1cc(CCC)cc(CCC)c1.[Pd]. The van der Waals surface area contributed by atoms with Crippen molar-refractivity contribution in [3.63, 3.8) is 0 Å². The minimum Gasteiger partial charge on any atom is -0.252 e. The average molecular weight is 525 g/mol. The molecule has 0 saturated heterocycles. The minimum absolute atomic E-state index is 0. The van der Waals surface area contributed by atoms with Gasteiger partial charge in [0.1, 0.15) is 0 Å². The number of aryl methyl sites for hydroxylation is 2. The zero-order chi connectivity index (χ0) is 22.3. The van der Waals surface area contributed by atoms with Gasteiger partial charge in [0.05, 0.1) is 22.8 Å². The van der Waals surface area contributed by atoms with Crippen LogP contribution in [0.5, 0.6) is 0 Å². The second-order valence-corrected chi connectivity index (χ2v) is 8.52. The van der Waals surface area contributed by atoms with Crippen LogP contribution >= 0.6 is 0 Å².